The Labute approximate surface area is 164 Å². The van der Waals surface area contributed by atoms with Gasteiger partial charge in [0, 0.05) is 23.5 Å². The number of benzene rings is 2. The maximum Gasteiger partial charge on any atom is 0.257 e. The molecule has 1 aliphatic carbocycles. The number of hydrogen-bond acceptors (Lipinski definition) is 4. The van der Waals surface area contributed by atoms with Crippen molar-refractivity contribution >= 4 is 29.2 Å². The zero-order chi connectivity index (χ0) is 20.1. The van der Waals surface area contributed by atoms with Gasteiger partial charge >= 0.3 is 0 Å². The van der Waals surface area contributed by atoms with Gasteiger partial charge in [-0.05, 0) is 49.6 Å². The van der Waals surface area contributed by atoms with E-state index in [1.165, 1.54) is 0 Å². The summed E-state index contributed by atoms with van der Waals surface area (Å²) in [7, 11) is 0. The van der Waals surface area contributed by atoms with Crippen molar-refractivity contribution in [2.45, 2.75) is 32.6 Å². The molecule has 0 spiro atoms. The van der Waals surface area contributed by atoms with Gasteiger partial charge in [-0.25, -0.2) is 0 Å². The number of rotatable bonds is 5. The minimum absolute atomic E-state index is 0.318. The predicted molar refractivity (Wildman–Crippen MR) is 105 cm³/mol. The molecule has 3 rings (SSSR count). The maximum absolute atomic E-state index is 12.7. The summed E-state index contributed by atoms with van der Waals surface area (Å²) in [5.74, 6) is -3.36. The van der Waals surface area contributed by atoms with E-state index in [0.29, 0.717) is 29.8 Å². The van der Waals surface area contributed by atoms with E-state index in [1.54, 1.807) is 30.3 Å². The Morgan fingerprint density at radius 1 is 0.929 bits per heavy atom. The molecule has 1 fully saturated rings. The van der Waals surface area contributed by atoms with Crippen LogP contribution in [0.4, 0.5) is 11.4 Å². The Morgan fingerprint density at radius 3 is 2.36 bits per heavy atom. The number of carboxylic acids is 1. The lowest BCUT2D eigenvalue weighted by molar-refractivity contribution is -0.313. The SMILES string of the molecule is Cc1cccc(NC(=O)c2ccccc2NC(=O)[C@@H]2CCCC[C@@H]2C(=O)[O-])c1. The average Bonchev–Trinajstić information content (AvgIpc) is 2.68. The van der Waals surface area contributed by atoms with Gasteiger partial charge in [0.2, 0.25) is 5.91 Å². The molecule has 0 heterocycles. The van der Waals surface area contributed by atoms with Crippen LogP contribution in [0.2, 0.25) is 0 Å². The van der Waals surface area contributed by atoms with Gasteiger partial charge in [-0.15, -0.1) is 0 Å². The quantitative estimate of drug-likeness (QED) is 0.834. The summed E-state index contributed by atoms with van der Waals surface area (Å²) in [4.78, 5) is 36.8. The summed E-state index contributed by atoms with van der Waals surface area (Å²) >= 11 is 0. The number of carboxylic acid groups (broad SMARTS) is 1. The molecule has 0 unspecified atom stereocenters. The second kappa shape index (κ2) is 8.69. The highest BCUT2D eigenvalue weighted by molar-refractivity contribution is 6.10. The Hall–Kier alpha value is -3.15. The van der Waals surface area contributed by atoms with Crippen molar-refractivity contribution in [3.63, 3.8) is 0 Å². The minimum Gasteiger partial charge on any atom is -0.550 e. The van der Waals surface area contributed by atoms with Crippen LogP contribution < -0.4 is 15.7 Å². The van der Waals surface area contributed by atoms with E-state index >= 15 is 0 Å². The van der Waals surface area contributed by atoms with Crippen LogP contribution >= 0.6 is 0 Å². The van der Waals surface area contributed by atoms with Crippen LogP contribution in [0.25, 0.3) is 0 Å². The third-order valence-electron chi connectivity index (χ3n) is 5.11. The van der Waals surface area contributed by atoms with Crippen LogP contribution in [0.1, 0.15) is 41.6 Å². The van der Waals surface area contributed by atoms with Gasteiger partial charge in [0.15, 0.2) is 0 Å². The van der Waals surface area contributed by atoms with Gasteiger partial charge in [0.05, 0.1) is 11.3 Å². The molecule has 2 aromatic carbocycles. The van der Waals surface area contributed by atoms with Crippen LogP contribution in [-0.4, -0.2) is 17.8 Å². The van der Waals surface area contributed by atoms with E-state index in [-0.39, 0.29) is 11.8 Å². The fourth-order valence-corrected chi connectivity index (χ4v) is 3.66. The molecule has 0 bridgehead atoms. The molecule has 0 saturated heterocycles. The summed E-state index contributed by atoms with van der Waals surface area (Å²) in [5.41, 5.74) is 2.36. The zero-order valence-corrected chi connectivity index (χ0v) is 15.7. The summed E-state index contributed by atoms with van der Waals surface area (Å²) in [6.45, 7) is 1.93. The Balaban J connectivity index is 1.77. The molecule has 146 valence electrons. The smallest absolute Gasteiger partial charge is 0.257 e. The van der Waals surface area contributed by atoms with E-state index in [9.17, 15) is 19.5 Å². The predicted octanol–water partition coefficient (Wildman–Crippen LogP) is 2.74. The highest BCUT2D eigenvalue weighted by Gasteiger charge is 2.32. The van der Waals surface area contributed by atoms with Crippen LogP contribution in [0.15, 0.2) is 48.5 Å². The lowest BCUT2D eigenvalue weighted by Crippen LogP contribution is -2.42. The Bertz CT molecular complexity index is 894. The van der Waals surface area contributed by atoms with Crippen LogP contribution in [-0.2, 0) is 9.59 Å². The number of nitrogens with one attached hydrogen (secondary N) is 2. The standard InChI is InChI=1S/C22H24N2O4/c1-14-7-6-8-15(13-14)23-21(26)18-11-4-5-12-19(18)24-20(25)16-9-2-3-10-17(16)22(27)28/h4-8,11-13,16-17H,2-3,9-10H2,1H3,(H,23,26)(H,24,25)(H,27,28)/p-1/t16-,17+/m1/s1. The van der Waals surface area contributed by atoms with E-state index in [4.69, 9.17) is 0 Å². The van der Waals surface area contributed by atoms with Crippen molar-refractivity contribution in [3.8, 4) is 0 Å². The van der Waals surface area contributed by atoms with Gasteiger partial charge < -0.3 is 20.5 Å². The van der Waals surface area contributed by atoms with Crippen molar-refractivity contribution in [1.82, 2.24) is 0 Å². The fourth-order valence-electron chi connectivity index (χ4n) is 3.66. The molecule has 2 amide bonds. The first kappa shape index (κ1) is 19.6. The minimum atomic E-state index is -1.19. The van der Waals surface area contributed by atoms with E-state index < -0.39 is 17.8 Å². The van der Waals surface area contributed by atoms with Crippen molar-refractivity contribution in [1.29, 1.82) is 0 Å². The number of para-hydroxylation sites is 1. The van der Waals surface area contributed by atoms with Crippen molar-refractivity contribution in [2.24, 2.45) is 11.8 Å². The molecular weight excluding hydrogens is 356 g/mol. The first-order valence-corrected chi connectivity index (χ1v) is 9.44. The number of amides is 2. The normalized spacial score (nSPS) is 18.9. The zero-order valence-electron chi connectivity index (χ0n) is 15.7. The van der Waals surface area contributed by atoms with Gasteiger partial charge in [0.25, 0.3) is 5.91 Å². The molecule has 1 aliphatic rings. The molecule has 2 atom stereocenters. The molecule has 1 saturated carbocycles. The molecule has 2 N–H and O–H groups in total. The first-order chi connectivity index (χ1) is 13.5. The van der Waals surface area contributed by atoms with Crippen molar-refractivity contribution < 1.29 is 19.5 Å². The lowest BCUT2D eigenvalue weighted by Gasteiger charge is -2.31. The molecule has 0 radical (unpaired) electrons. The van der Waals surface area contributed by atoms with E-state index in [1.807, 2.05) is 25.1 Å². The summed E-state index contributed by atoms with van der Waals surface area (Å²) in [6.07, 6.45) is 2.52. The van der Waals surface area contributed by atoms with Gasteiger partial charge in [0.1, 0.15) is 0 Å². The second-order valence-corrected chi connectivity index (χ2v) is 7.17. The third-order valence-corrected chi connectivity index (χ3v) is 5.11. The topological polar surface area (TPSA) is 98.3 Å². The molecule has 0 aromatic heterocycles. The number of carbonyl (C=O) groups is 3. The van der Waals surface area contributed by atoms with Crippen LogP contribution in [0, 0.1) is 18.8 Å². The Kier molecular flexibility index (Phi) is 6.09. The van der Waals surface area contributed by atoms with Crippen molar-refractivity contribution in [2.75, 3.05) is 10.6 Å². The van der Waals surface area contributed by atoms with Gasteiger partial charge in [-0.2, -0.15) is 0 Å². The number of anilines is 2. The number of hydrogen-bond donors (Lipinski definition) is 2. The average molecular weight is 379 g/mol. The summed E-state index contributed by atoms with van der Waals surface area (Å²) in [6, 6.07) is 14.1. The Morgan fingerprint density at radius 2 is 1.64 bits per heavy atom. The van der Waals surface area contributed by atoms with E-state index in [2.05, 4.69) is 10.6 Å². The maximum atomic E-state index is 12.7. The molecular formula is C22H23N2O4-. The molecule has 0 aliphatic heterocycles. The second-order valence-electron chi connectivity index (χ2n) is 7.17. The number of aliphatic carboxylic acids is 1. The fraction of sp³-hybridized carbons (Fsp3) is 0.318. The van der Waals surface area contributed by atoms with E-state index in [0.717, 1.165) is 18.4 Å². The largest absolute Gasteiger partial charge is 0.550 e. The van der Waals surface area contributed by atoms with Crippen LogP contribution in [0.5, 0.6) is 0 Å². The first-order valence-electron chi connectivity index (χ1n) is 9.44. The molecule has 6 nitrogen and oxygen atoms in total. The van der Waals surface area contributed by atoms with Crippen LogP contribution in [0.3, 0.4) is 0 Å². The molecule has 2 aromatic rings. The summed E-state index contributed by atoms with van der Waals surface area (Å²) < 4.78 is 0. The summed E-state index contributed by atoms with van der Waals surface area (Å²) in [5, 5.41) is 16.9. The number of aryl methyl sites for hydroxylation is 1. The molecule has 6 heteroatoms. The van der Waals surface area contributed by atoms with Crippen molar-refractivity contribution in [3.05, 3.63) is 59.7 Å². The van der Waals surface area contributed by atoms with Gasteiger partial charge in [-0.1, -0.05) is 37.1 Å². The lowest BCUT2D eigenvalue weighted by atomic mass is 9.78. The monoisotopic (exact) mass is 379 g/mol. The highest BCUT2D eigenvalue weighted by Crippen LogP contribution is 2.31. The molecule has 28 heavy (non-hydrogen) atoms. The van der Waals surface area contributed by atoms with Gasteiger partial charge in [-0.3, -0.25) is 9.59 Å². The third kappa shape index (κ3) is 4.57. The highest BCUT2D eigenvalue weighted by atomic mass is 16.4. The number of carbonyl (C=O) groups excluding carboxylic acids is 3.